The van der Waals surface area contributed by atoms with Crippen LogP contribution >= 0.6 is 12.2 Å². The Bertz CT molecular complexity index is 816. The van der Waals surface area contributed by atoms with Gasteiger partial charge < -0.3 is 16.0 Å². The fraction of sp³-hybridized carbons (Fsp3) is 0.312. The van der Waals surface area contributed by atoms with Crippen LogP contribution in [0.5, 0.6) is 0 Å². The summed E-state index contributed by atoms with van der Waals surface area (Å²) in [6.07, 6.45) is 3.28. The van der Waals surface area contributed by atoms with E-state index in [4.69, 9.17) is 18.0 Å². The number of anilines is 3. The van der Waals surface area contributed by atoms with Crippen molar-refractivity contribution in [3.05, 3.63) is 46.0 Å². The number of piperidine rings is 1. The molecule has 24 heavy (non-hydrogen) atoms. The van der Waals surface area contributed by atoms with Gasteiger partial charge in [0, 0.05) is 13.1 Å². The second-order valence-corrected chi connectivity index (χ2v) is 6.04. The second-order valence-electron chi connectivity index (χ2n) is 5.63. The summed E-state index contributed by atoms with van der Waals surface area (Å²) in [7, 11) is 0. The van der Waals surface area contributed by atoms with E-state index in [-0.39, 0.29) is 22.1 Å². The molecule has 1 saturated heterocycles. The van der Waals surface area contributed by atoms with Gasteiger partial charge in [0.15, 0.2) is 0 Å². The summed E-state index contributed by atoms with van der Waals surface area (Å²) in [4.78, 5) is 21.4. The molecule has 0 atom stereocenters. The van der Waals surface area contributed by atoms with Gasteiger partial charge in [-0.3, -0.25) is 9.78 Å². The van der Waals surface area contributed by atoms with Crippen LogP contribution in [0, 0.1) is 5.82 Å². The Kier molecular flexibility index (Phi) is 4.75. The molecule has 0 bridgehead atoms. The number of nitrogens with zero attached hydrogens (tertiary/aromatic N) is 2. The highest BCUT2D eigenvalue weighted by Crippen LogP contribution is 2.18. The summed E-state index contributed by atoms with van der Waals surface area (Å²) in [5.41, 5.74) is 5.74. The van der Waals surface area contributed by atoms with Crippen LogP contribution in [0.15, 0.2) is 29.1 Å². The SMILES string of the molecule is Nc1nc(N2CCCCC2)[nH]c(=O)c1C(=S)Nc1ccccc1F. The number of aromatic amines is 1. The molecular weight excluding hydrogens is 329 g/mol. The van der Waals surface area contributed by atoms with E-state index >= 15 is 0 Å². The van der Waals surface area contributed by atoms with Gasteiger partial charge >= 0.3 is 0 Å². The Morgan fingerprint density at radius 3 is 2.67 bits per heavy atom. The number of nitrogen functional groups attached to an aromatic ring is 1. The van der Waals surface area contributed by atoms with E-state index in [1.54, 1.807) is 12.1 Å². The Hall–Kier alpha value is -2.48. The largest absolute Gasteiger partial charge is 0.383 e. The molecule has 3 rings (SSSR count). The van der Waals surface area contributed by atoms with Gasteiger partial charge in [0.2, 0.25) is 5.95 Å². The fourth-order valence-corrected chi connectivity index (χ4v) is 3.01. The number of thiocarbonyl (C=S) groups is 1. The van der Waals surface area contributed by atoms with E-state index in [1.165, 1.54) is 18.6 Å². The molecule has 1 aliphatic heterocycles. The molecule has 8 heteroatoms. The number of rotatable bonds is 3. The molecule has 2 heterocycles. The van der Waals surface area contributed by atoms with Crippen LogP contribution in [0.25, 0.3) is 0 Å². The predicted octanol–water partition coefficient (Wildman–Crippen LogP) is 2.27. The molecule has 0 spiro atoms. The van der Waals surface area contributed by atoms with Crippen LogP contribution < -0.4 is 21.5 Å². The van der Waals surface area contributed by atoms with E-state index in [9.17, 15) is 9.18 Å². The third-order valence-electron chi connectivity index (χ3n) is 3.94. The summed E-state index contributed by atoms with van der Waals surface area (Å²) in [6, 6.07) is 6.07. The number of aromatic nitrogens is 2. The van der Waals surface area contributed by atoms with Gasteiger partial charge in [0.25, 0.3) is 5.56 Å². The van der Waals surface area contributed by atoms with Crippen LogP contribution in [-0.2, 0) is 0 Å². The normalized spacial score (nSPS) is 14.5. The molecule has 0 radical (unpaired) electrons. The van der Waals surface area contributed by atoms with Gasteiger partial charge in [-0.15, -0.1) is 0 Å². The van der Waals surface area contributed by atoms with Crippen molar-refractivity contribution in [2.75, 3.05) is 29.0 Å². The maximum absolute atomic E-state index is 13.7. The average molecular weight is 347 g/mol. The zero-order valence-corrected chi connectivity index (χ0v) is 13.8. The van der Waals surface area contributed by atoms with Crippen molar-refractivity contribution < 1.29 is 4.39 Å². The van der Waals surface area contributed by atoms with E-state index < -0.39 is 11.4 Å². The number of H-pyrrole nitrogens is 1. The third kappa shape index (κ3) is 3.38. The summed E-state index contributed by atoms with van der Waals surface area (Å²) < 4.78 is 13.7. The first-order valence-corrected chi connectivity index (χ1v) is 8.17. The molecular formula is C16H18FN5OS. The van der Waals surface area contributed by atoms with E-state index in [0.717, 1.165) is 25.9 Å². The van der Waals surface area contributed by atoms with E-state index in [0.29, 0.717) is 5.95 Å². The number of nitrogens with one attached hydrogen (secondary N) is 2. The van der Waals surface area contributed by atoms with Gasteiger partial charge in [0.05, 0.1) is 5.69 Å². The highest BCUT2D eigenvalue weighted by molar-refractivity contribution is 7.81. The molecule has 4 N–H and O–H groups in total. The lowest BCUT2D eigenvalue weighted by Crippen LogP contribution is -2.34. The molecule has 1 aromatic heterocycles. The van der Waals surface area contributed by atoms with Gasteiger partial charge in [0.1, 0.15) is 22.2 Å². The number of benzene rings is 1. The second kappa shape index (κ2) is 6.96. The van der Waals surface area contributed by atoms with Crippen LogP contribution in [0.3, 0.4) is 0 Å². The van der Waals surface area contributed by atoms with Crippen molar-refractivity contribution in [3.8, 4) is 0 Å². The first-order valence-electron chi connectivity index (χ1n) is 7.77. The summed E-state index contributed by atoms with van der Waals surface area (Å²) >= 11 is 5.21. The molecule has 0 unspecified atom stereocenters. The van der Waals surface area contributed by atoms with Crippen LogP contribution in [0.1, 0.15) is 24.8 Å². The fourth-order valence-electron chi connectivity index (χ4n) is 2.70. The van der Waals surface area contributed by atoms with Crippen LogP contribution in [0.4, 0.5) is 21.8 Å². The molecule has 6 nitrogen and oxygen atoms in total. The van der Waals surface area contributed by atoms with Crippen molar-refractivity contribution in [2.45, 2.75) is 19.3 Å². The molecule has 1 aromatic carbocycles. The van der Waals surface area contributed by atoms with Crippen molar-refractivity contribution in [1.29, 1.82) is 0 Å². The first-order chi connectivity index (χ1) is 11.6. The maximum atomic E-state index is 13.7. The van der Waals surface area contributed by atoms with Crippen LogP contribution in [-0.4, -0.2) is 28.0 Å². The topological polar surface area (TPSA) is 87.0 Å². The Balaban J connectivity index is 1.87. The van der Waals surface area contributed by atoms with E-state index in [2.05, 4.69) is 15.3 Å². The Morgan fingerprint density at radius 2 is 2.00 bits per heavy atom. The molecule has 126 valence electrons. The quantitative estimate of drug-likeness (QED) is 0.739. The first kappa shape index (κ1) is 16.4. The summed E-state index contributed by atoms with van der Waals surface area (Å²) in [5.74, 6) is 0.0237. The van der Waals surface area contributed by atoms with Gasteiger partial charge in [-0.25, -0.2) is 4.39 Å². The highest BCUT2D eigenvalue weighted by atomic mass is 32.1. The minimum absolute atomic E-state index is 0.0353. The Morgan fingerprint density at radius 1 is 1.29 bits per heavy atom. The minimum atomic E-state index is -0.465. The summed E-state index contributed by atoms with van der Waals surface area (Å²) in [5, 5.41) is 2.71. The summed E-state index contributed by atoms with van der Waals surface area (Å²) in [6.45, 7) is 1.67. The van der Waals surface area contributed by atoms with Crippen molar-refractivity contribution in [1.82, 2.24) is 9.97 Å². The predicted molar refractivity (Wildman–Crippen MR) is 97.1 cm³/mol. The lowest BCUT2D eigenvalue weighted by atomic mass is 10.1. The van der Waals surface area contributed by atoms with Gasteiger partial charge in [-0.05, 0) is 31.4 Å². The molecule has 0 amide bonds. The maximum Gasteiger partial charge on any atom is 0.264 e. The van der Waals surface area contributed by atoms with Crippen LogP contribution in [0.2, 0.25) is 0 Å². The number of nitrogens with two attached hydrogens (primary N) is 1. The smallest absolute Gasteiger partial charge is 0.264 e. The molecule has 1 aliphatic rings. The Labute approximate surface area is 143 Å². The standard InChI is InChI=1S/C16H18FN5OS/c17-10-6-2-3-7-11(10)19-15(24)12-13(18)20-16(21-14(12)23)22-8-4-1-5-9-22/h2-3,6-7H,1,4-5,8-9H2,(H,19,24)(H3,18,20,21,23). The lowest BCUT2D eigenvalue weighted by molar-refractivity contribution is 0.568. The van der Waals surface area contributed by atoms with Gasteiger partial charge in [-0.1, -0.05) is 24.4 Å². The zero-order valence-electron chi connectivity index (χ0n) is 13.0. The lowest BCUT2D eigenvalue weighted by Gasteiger charge is -2.27. The van der Waals surface area contributed by atoms with E-state index in [1.807, 2.05) is 4.90 Å². The molecule has 0 saturated carbocycles. The number of para-hydroxylation sites is 1. The zero-order chi connectivity index (χ0) is 17.1. The van der Waals surface area contributed by atoms with Crippen molar-refractivity contribution >= 4 is 34.7 Å². The molecule has 0 aliphatic carbocycles. The number of hydrogen-bond acceptors (Lipinski definition) is 5. The van der Waals surface area contributed by atoms with Gasteiger partial charge in [-0.2, -0.15) is 4.98 Å². The highest BCUT2D eigenvalue weighted by Gasteiger charge is 2.19. The van der Waals surface area contributed by atoms with Crippen molar-refractivity contribution in [2.24, 2.45) is 0 Å². The molecule has 1 fully saturated rings. The monoisotopic (exact) mass is 347 g/mol. The minimum Gasteiger partial charge on any atom is -0.383 e. The third-order valence-corrected chi connectivity index (χ3v) is 4.25. The number of hydrogen-bond donors (Lipinski definition) is 3. The number of halogens is 1. The average Bonchev–Trinajstić information content (AvgIpc) is 2.57. The molecule has 2 aromatic rings. The van der Waals surface area contributed by atoms with Crippen molar-refractivity contribution in [3.63, 3.8) is 0 Å².